The number of halogens is 3. The molecule has 0 atom stereocenters. The van der Waals surface area contributed by atoms with Gasteiger partial charge in [-0.1, -0.05) is 36.4 Å². The molecular weight excluding hydrogens is 309 g/mol. The number of benzene rings is 2. The molecule has 2 aromatic carbocycles. The van der Waals surface area contributed by atoms with Crippen LogP contribution < -0.4 is 4.74 Å². The van der Waals surface area contributed by atoms with Gasteiger partial charge in [0, 0.05) is 5.56 Å². The van der Waals surface area contributed by atoms with Crippen molar-refractivity contribution in [2.45, 2.75) is 19.1 Å². The number of hydrogen-bond acceptors (Lipinski definition) is 3. The molecule has 0 amide bonds. The van der Waals surface area contributed by atoms with Gasteiger partial charge >= 0.3 is 6.36 Å². The van der Waals surface area contributed by atoms with Crippen LogP contribution in [-0.4, -0.2) is 19.6 Å². The molecule has 6 heteroatoms. The molecule has 0 bridgehead atoms. The fourth-order valence-electron chi connectivity index (χ4n) is 2.39. The Balaban J connectivity index is 1.62. The van der Waals surface area contributed by atoms with Crippen molar-refractivity contribution in [3.8, 4) is 5.75 Å². The van der Waals surface area contributed by atoms with Gasteiger partial charge in [-0.2, -0.15) is 0 Å². The highest BCUT2D eigenvalue weighted by atomic mass is 19.4. The topological polar surface area (TPSA) is 27.7 Å². The Hall–Kier alpha value is -2.05. The molecule has 122 valence electrons. The van der Waals surface area contributed by atoms with E-state index in [1.54, 1.807) is 12.1 Å². The maximum Gasteiger partial charge on any atom is 0.573 e. The normalized spacial score (nSPS) is 15.8. The molecule has 1 aliphatic heterocycles. The number of hydrogen-bond donors (Lipinski definition) is 0. The zero-order valence-corrected chi connectivity index (χ0v) is 12.2. The van der Waals surface area contributed by atoms with E-state index in [2.05, 4.69) is 4.74 Å². The summed E-state index contributed by atoms with van der Waals surface area (Å²) in [5.41, 5.74) is 2.91. The maximum atomic E-state index is 12.1. The Morgan fingerprint density at radius 1 is 0.870 bits per heavy atom. The van der Waals surface area contributed by atoms with Crippen LogP contribution in [0.5, 0.6) is 5.75 Å². The van der Waals surface area contributed by atoms with Gasteiger partial charge in [0.05, 0.1) is 13.2 Å². The predicted molar refractivity (Wildman–Crippen MR) is 77.0 cm³/mol. The number of alkyl halides is 3. The Labute approximate surface area is 131 Å². The van der Waals surface area contributed by atoms with Crippen molar-refractivity contribution in [1.82, 2.24) is 0 Å². The Morgan fingerprint density at radius 3 is 1.91 bits per heavy atom. The van der Waals surface area contributed by atoms with Gasteiger partial charge in [0.1, 0.15) is 5.75 Å². The highest BCUT2D eigenvalue weighted by molar-refractivity contribution is 5.33. The summed E-state index contributed by atoms with van der Waals surface area (Å²) < 4.78 is 51.0. The van der Waals surface area contributed by atoms with Gasteiger partial charge in [0.25, 0.3) is 0 Å². The first-order valence-corrected chi connectivity index (χ1v) is 7.16. The van der Waals surface area contributed by atoms with Crippen LogP contribution in [-0.2, 0) is 15.9 Å². The molecule has 23 heavy (non-hydrogen) atoms. The van der Waals surface area contributed by atoms with Crippen molar-refractivity contribution in [2.24, 2.45) is 0 Å². The SMILES string of the molecule is FC(F)(F)Oc1ccc(Cc2ccc(C3OCCO3)cc2)cc1. The average Bonchev–Trinajstić information content (AvgIpc) is 3.03. The van der Waals surface area contributed by atoms with Crippen molar-refractivity contribution in [3.05, 3.63) is 65.2 Å². The average molecular weight is 324 g/mol. The van der Waals surface area contributed by atoms with Crippen molar-refractivity contribution in [1.29, 1.82) is 0 Å². The van der Waals surface area contributed by atoms with E-state index in [1.165, 1.54) is 12.1 Å². The standard InChI is InChI=1S/C17H15F3O3/c18-17(19,20)23-15-7-3-13(4-8-15)11-12-1-5-14(6-2-12)16-21-9-10-22-16/h1-8,16H,9-11H2. The van der Waals surface area contributed by atoms with Gasteiger partial charge in [-0.25, -0.2) is 0 Å². The molecule has 0 aliphatic carbocycles. The van der Waals surface area contributed by atoms with E-state index in [1.807, 2.05) is 24.3 Å². The summed E-state index contributed by atoms with van der Waals surface area (Å²) in [6.45, 7) is 1.19. The van der Waals surface area contributed by atoms with Gasteiger partial charge in [-0.3, -0.25) is 0 Å². The van der Waals surface area contributed by atoms with Crippen LogP contribution in [0.25, 0.3) is 0 Å². The first-order valence-electron chi connectivity index (χ1n) is 7.16. The lowest BCUT2D eigenvalue weighted by Crippen LogP contribution is -2.17. The molecule has 0 radical (unpaired) electrons. The summed E-state index contributed by atoms with van der Waals surface area (Å²) in [6, 6.07) is 13.7. The third-order valence-electron chi connectivity index (χ3n) is 3.44. The Bertz CT molecular complexity index is 630. The number of ether oxygens (including phenoxy) is 3. The third kappa shape index (κ3) is 4.46. The summed E-state index contributed by atoms with van der Waals surface area (Å²) >= 11 is 0. The second-order valence-corrected chi connectivity index (χ2v) is 5.18. The van der Waals surface area contributed by atoms with E-state index in [-0.39, 0.29) is 12.0 Å². The molecule has 0 aromatic heterocycles. The van der Waals surface area contributed by atoms with Crippen molar-refractivity contribution in [2.75, 3.05) is 13.2 Å². The van der Waals surface area contributed by atoms with Crippen LogP contribution in [0, 0.1) is 0 Å². The van der Waals surface area contributed by atoms with Gasteiger partial charge in [-0.05, 0) is 29.7 Å². The van der Waals surface area contributed by atoms with E-state index >= 15 is 0 Å². The molecule has 3 rings (SSSR count). The Kier molecular flexibility index (Phi) is 4.54. The van der Waals surface area contributed by atoms with Crippen molar-refractivity contribution >= 4 is 0 Å². The van der Waals surface area contributed by atoms with Gasteiger partial charge in [0.2, 0.25) is 0 Å². The fourth-order valence-corrected chi connectivity index (χ4v) is 2.39. The van der Waals surface area contributed by atoms with Gasteiger partial charge in [-0.15, -0.1) is 13.2 Å². The van der Waals surface area contributed by atoms with Crippen molar-refractivity contribution < 1.29 is 27.4 Å². The Morgan fingerprint density at radius 2 is 1.39 bits per heavy atom. The zero-order valence-electron chi connectivity index (χ0n) is 12.2. The molecule has 0 unspecified atom stereocenters. The zero-order chi connectivity index (χ0) is 16.3. The molecular formula is C17H15F3O3. The van der Waals surface area contributed by atoms with E-state index in [0.29, 0.717) is 19.6 Å². The van der Waals surface area contributed by atoms with E-state index in [4.69, 9.17) is 9.47 Å². The molecule has 0 saturated carbocycles. The maximum absolute atomic E-state index is 12.1. The predicted octanol–water partition coefficient (Wildman–Crippen LogP) is 4.22. The smallest absolute Gasteiger partial charge is 0.406 e. The third-order valence-corrected chi connectivity index (χ3v) is 3.44. The lowest BCUT2D eigenvalue weighted by atomic mass is 10.0. The van der Waals surface area contributed by atoms with E-state index in [9.17, 15) is 13.2 Å². The molecule has 1 heterocycles. The molecule has 1 aliphatic rings. The van der Waals surface area contributed by atoms with E-state index in [0.717, 1.165) is 16.7 Å². The lowest BCUT2D eigenvalue weighted by molar-refractivity contribution is -0.274. The van der Waals surface area contributed by atoms with Crippen LogP contribution in [0.1, 0.15) is 23.0 Å². The molecule has 2 aromatic rings. The van der Waals surface area contributed by atoms with Gasteiger partial charge in [0.15, 0.2) is 6.29 Å². The largest absolute Gasteiger partial charge is 0.573 e. The first-order chi connectivity index (χ1) is 11.0. The summed E-state index contributed by atoms with van der Waals surface area (Å²) in [7, 11) is 0. The molecule has 3 nitrogen and oxygen atoms in total. The molecule has 1 saturated heterocycles. The van der Waals surface area contributed by atoms with Crippen LogP contribution >= 0.6 is 0 Å². The first kappa shape index (κ1) is 15.8. The minimum Gasteiger partial charge on any atom is -0.406 e. The minimum absolute atomic E-state index is 0.216. The molecule has 0 N–H and O–H groups in total. The molecule has 0 spiro atoms. The minimum atomic E-state index is -4.66. The van der Waals surface area contributed by atoms with Crippen LogP contribution in [0.3, 0.4) is 0 Å². The summed E-state index contributed by atoms with van der Waals surface area (Å²) in [4.78, 5) is 0. The number of rotatable bonds is 4. The van der Waals surface area contributed by atoms with Gasteiger partial charge < -0.3 is 14.2 Å². The highest BCUT2D eigenvalue weighted by Gasteiger charge is 2.30. The van der Waals surface area contributed by atoms with E-state index < -0.39 is 6.36 Å². The summed E-state index contributed by atoms with van der Waals surface area (Å²) in [6.07, 6.45) is -4.34. The summed E-state index contributed by atoms with van der Waals surface area (Å²) in [5, 5.41) is 0. The van der Waals surface area contributed by atoms with Crippen molar-refractivity contribution in [3.63, 3.8) is 0 Å². The second-order valence-electron chi connectivity index (χ2n) is 5.18. The molecule has 1 fully saturated rings. The fraction of sp³-hybridized carbons (Fsp3) is 0.294. The lowest BCUT2D eigenvalue weighted by Gasteiger charge is -2.11. The van der Waals surface area contributed by atoms with Crippen LogP contribution in [0.2, 0.25) is 0 Å². The monoisotopic (exact) mass is 324 g/mol. The second kappa shape index (κ2) is 6.60. The van der Waals surface area contributed by atoms with Crippen LogP contribution in [0.4, 0.5) is 13.2 Å². The quantitative estimate of drug-likeness (QED) is 0.843. The highest BCUT2D eigenvalue weighted by Crippen LogP contribution is 2.25. The van der Waals surface area contributed by atoms with Crippen LogP contribution in [0.15, 0.2) is 48.5 Å². The summed E-state index contributed by atoms with van der Waals surface area (Å²) in [5.74, 6) is -0.216.